The number of nitrogen functional groups attached to an aromatic ring is 1. The Bertz CT molecular complexity index is 961. The minimum atomic E-state index is -4.88. The molecule has 1 aliphatic rings. The summed E-state index contributed by atoms with van der Waals surface area (Å²) < 4.78 is 32.9. The van der Waals surface area contributed by atoms with Gasteiger partial charge in [0, 0.05) is 18.5 Å². The fraction of sp³-hybridized carbons (Fsp3) is 0.643. The number of nitrogens with zero attached hydrogens (tertiary/aromatic N) is 4. The smallest absolute Gasteiger partial charge is 0.809 e. The molecule has 0 bridgehead atoms. The van der Waals surface area contributed by atoms with E-state index in [-0.39, 0.29) is 144 Å². The molecule has 168 valence electrons. The summed E-state index contributed by atoms with van der Waals surface area (Å²) in [6.07, 6.45) is 1.42. The Kier molecular flexibility index (Phi) is 19.4. The Labute approximate surface area is 284 Å². The number of nitrogens with two attached hydrogens (primary N) is 1. The monoisotopic (exact) mass is 554 g/mol. The van der Waals surface area contributed by atoms with Crippen LogP contribution in [0.1, 0.15) is 12.8 Å². The van der Waals surface area contributed by atoms with Gasteiger partial charge in [-0.15, -0.1) is 0 Å². The third-order valence-corrected chi connectivity index (χ3v) is 5.06. The van der Waals surface area contributed by atoms with Crippen LogP contribution >= 0.6 is 15.2 Å². The fourth-order valence-electron chi connectivity index (χ4n) is 2.71. The summed E-state index contributed by atoms with van der Waals surface area (Å²) in [6, 6.07) is 0.298. The standard InChI is InChI=1S/C14H24N6O8P2.4Na/c15-14-18-12(17-10-1-2-10)11-13(19-14)20(6-16-11)3-9(4-27-7-29(21,22)23)5-28-8-30(24,25)26;;;;/h6,9-10H,1-5,7-8H2,(H2,21,22,23)(H2,24,25,26)(H3,15,17,18,19);;;;/q;4*+1/p-4. The zero-order valence-electron chi connectivity index (χ0n) is 19.7. The van der Waals surface area contributed by atoms with Gasteiger partial charge in [-0.3, -0.25) is 0 Å². The summed E-state index contributed by atoms with van der Waals surface area (Å²) in [7, 11) is -9.75. The fourth-order valence-corrected chi connectivity index (χ4v) is 3.37. The van der Waals surface area contributed by atoms with E-state index < -0.39 is 33.8 Å². The molecule has 0 aromatic carbocycles. The SMILES string of the molecule is Nc1nc(NC2CC2)c2ncn(CC(COCP(=O)([O-])[O-])COCP(=O)([O-])[O-])c2n1.[Na+].[Na+].[Na+].[Na+]. The Morgan fingerprint density at radius 2 is 1.56 bits per heavy atom. The third kappa shape index (κ3) is 14.0. The van der Waals surface area contributed by atoms with Gasteiger partial charge in [-0.2, -0.15) is 9.97 Å². The second-order valence-electron chi connectivity index (χ2n) is 7.01. The number of anilines is 2. The number of aromatic nitrogens is 4. The number of imidazole rings is 1. The van der Waals surface area contributed by atoms with Crippen LogP contribution in [0.3, 0.4) is 0 Å². The molecule has 0 saturated heterocycles. The normalized spacial score (nSPS) is 13.4. The van der Waals surface area contributed by atoms with Crippen molar-refractivity contribution in [2.24, 2.45) is 5.92 Å². The molecule has 2 aromatic heterocycles. The number of rotatable bonds is 12. The first-order valence-electron chi connectivity index (χ1n) is 8.93. The predicted octanol–water partition coefficient (Wildman–Crippen LogP) is -14.6. The van der Waals surface area contributed by atoms with Crippen molar-refractivity contribution in [1.29, 1.82) is 0 Å². The van der Waals surface area contributed by atoms with Crippen molar-refractivity contribution in [2.75, 3.05) is 37.0 Å². The van der Waals surface area contributed by atoms with Gasteiger partial charge >= 0.3 is 118 Å². The molecular formula is C14H20N6Na4O8P2. The molecule has 2 aromatic rings. The number of nitrogens with one attached hydrogen (secondary N) is 1. The minimum absolute atomic E-state index is 0. The van der Waals surface area contributed by atoms with Crippen molar-refractivity contribution < 1.29 is 156 Å². The van der Waals surface area contributed by atoms with Crippen LogP contribution in [0, 0.1) is 5.92 Å². The van der Waals surface area contributed by atoms with Gasteiger partial charge in [-0.05, 0) is 28.0 Å². The van der Waals surface area contributed by atoms with E-state index in [0.29, 0.717) is 23.0 Å². The van der Waals surface area contributed by atoms with Crippen molar-refractivity contribution in [3.63, 3.8) is 0 Å². The topological polar surface area (TPSA) is 226 Å². The van der Waals surface area contributed by atoms with Crippen molar-refractivity contribution in [3.05, 3.63) is 6.33 Å². The molecule has 1 fully saturated rings. The largest absolute Gasteiger partial charge is 1.00 e. The van der Waals surface area contributed by atoms with E-state index in [0.717, 1.165) is 12.8 Å². The zero-order chi connectivity index (χ0) is 21.9. The summed E-state index contributed by atoms with van der Waals surface area (Å²) in [4.78, 5) is 55.7. The van der Waals surface area contributed by atoms with E-state index in [1.165, 1.54) is 6.33 Å². The summed E-state index contributed by atoms with van der Waals surface area (Å²) in [5.41, 5.74) is 6.65. The minimum Gasteiger partial charge on any atom is -0.809 e. The van der Waals surface area contributed by atoms with Crippen LogP contribution in [0.25, 0.3) is 11.2 Å². The molecule has 0 aliphatic heterocycles. The molecule has 20 heteroatoms. The Balaban J connectivity index is 0. The first kappa shape index (κ1) is 38.5. The van der Waals surface area contributed by atoms with E-state index >= 15 is 0 Å². The summed E-state index contributed by atoms with van der Waals surface area (Å²) in [5, 5.41) is 3.21. The molecule has 0 spiro atoms. The van der Waals surface area contributed by atoms with E-state index in [1.54, 1.807) is 4.57 Å². The van der Waals surface area contributed by atoms with Crippen LogP contribution in [-0.2, 0) is 25.1 Å². The number of fused-ring (bicyclic) bond motifs is 1. The van der Waals surface area contributed by atoms with Gasteiger partial charge < -0.3 is 53.8 Å². The van der Waals surface area contributed by atoms with E-state index in [4.69, 9.17) is 15.2 Å². The van der Waals surface area contributed by atoms with E-state index in [9.17, 15) is 28.7 Å². The summed E-state index contributed by atoms with van der Waals surface area (Å²) in [5.74, 6) is -0.106. The predicted molar refractivity (Wildman–Crippen MR) is 96.7 cm³/mol. The van der Waals surface area contributed by atoms with E-state index in [1.807, 2.05) is 0 Å². The Morgan fingerprint density at radius 3 is 2.03 bits per heavy atom. The second-order valence-corrected chi connectivity index (χ2v) is 9.97. The molecule has 3 N–H and O–H groups in total. The van der Waals surface area contributed by atoms with Crippen LogP contribution < -0.4 is 149 Å². The molecule has 14 nitrogen and oxygen atoms in total. The summed E-state index contributed by atoms with van der Waals surface area (Å²) >= 11 is 0. The molecule has 0 radical (unpaired) electrons. The van der Waals surface area contributed by atoms with Crippen molar-refractivity contribution in [3.8, 4) is 0 Å². The molecule has 3 rings (SSSR count). The quantitative estimate of drug-likeness (QED) is 0.184. The molecule has 0 atom stereocenters. The van der Waals surface area contributed by atoms with Crippen LogP contribution in [0.15, 0.2) is 6.33 Å². The van der Waals surface area contributed by atoms with Gasteiger partial charge in [0.05, 0.1) is 32.2 Å². The first-order valence-corrected chi connectivity index (χ1v) is 12.4. The molecule has 2 heterocycles. The van der Waals surface area contributed by atoms with Crippen LogP contribution in [0.5, 0.6) is 0 Å². The van der Waals surface area contributed by atoms with Gasteiger partial charge in [-0.1, -0.05) is 0 Å². The van der Waals surface area contributed by atoms with Crippen molar-refractivity contribution in [1.82, 2.24) is 19.5 Å². The maximum absolute atomic E-state index is 10.8. The zero-order valence-corrected chi connectivity index (χ0v) is 29.5. The molecule has 0 amide bonds. The molecular weight excluding hydrogens is 534 g/mol. The van der Waals surface area contributed by atoms with Crippen LogP contribution in [0.4, 0.5) is 11.8 Å². The van der Waals surface area contributed by atoms with Crippen molar-refractivity contribution in [2.45, 2.75) is 25.4 Å². The van der Waals surface area contributed by atoms with Gasteiger partial charge in [0.2, 0.25) is 5.95 Å². The van der Waals surface area contributed by atoms with Gasteiger partial charge in [0.25, 0.3) is 0 Å². The Hall–Kier alpha value is 2.37. The van der Waals surface area contributed by atoms with Crippen LogP contribution in [0.2, 0.25) is 0 Å². The average Bonchev–Trinajstić information content (AvgIpc) is 3.32. The van der Waals surface area contributed by atoms with Gasteiger partial charge in [0.15, 0.2) is 17.0 Å². The van der Waals surface area contributed by atoms with Crippen molar-refractivity contribution >= 4 is 38.1 Å². The molecule has 0 unspecified atom stereocenters. The summed E-state index contributed by atoms with van der Waals surface area (Å²) in [6.45, 7) is -0.381. The molecule has 34 heavy (non-hydrogen) atoms. The van der Waals surface area contributed by atoms with E-state index in [2.05, 4.69) is 20.3 Å². The average molecular weight is 554 g/mol. The second kappa shape index (κ2) is 17.1. The Morgan fingerprint density at radius 1 is 1.03 bits per heavy atom. The number of hydrogen-bond donors (Lipinski definition) is 2. The third-order valence-electron chi connectivity index (χ3n) is 4.06. The number of hydrogen-bond acceptors (Lipinski definition) is 13. The van der Waals surface area contributed by atoms with Gasteiger partial charge in [0.1, 0.15) is 0 Å². The van der Waals surface area contributed by atoms with Crippen LogP contribution in [-0.4, -0.2) is 51.5 Å². The molecule has 1 saturated carbocycles. The molecule has 1 aliphatic carbocycles. The maximum atomic E-state index is 10.8. The maximum Gasteiger partial charge on any atom is 1.00 e. The van der Waals surface area contributed by atoms with Gasteiger partial charge in [-0.25, -0.2) is 4.98 Å². The number of ether oxygens (including phenoxy) is 2. The first-order chi connectivity index (χ1) is 14.0.